The molecule has 2 aromatic carbocycles. The molecule has 2 aliphatic heterocycles. The van der Waals surface area contributed by atoms with E-state index in [2.05, 4.69) is 30.2 Å². The van der Waals surface area contributed by atoms with Gasteiger partial charge in [0, 0.05) is 37.0 Å². The molecule has 4 heterocycles. The minimum Gasteiger partial charge on any atom is -0.355 e. The van der Waals surface area contributed by atoms with Crippen LogP contribution in [0.25, 0.3) is 11.2 Å². The van der Waals surface area contributed by atoms with Crippen molar-refractivity contribution < 1.29 is 26.3 Å². The molecule has 0 bridgehead atoms. The Labute approximate surface area is 256 Å². The fourth-order valence-electron chi connectivity index (χ4n) is 6.29. The third kappa shape index (κ3) is 6.92. The van der Waals surface area contributed by atoms with Crippen molar-refractivity contribution in [2.45, 2.75) is 48.9 Å². The van der Waals surface area contributed by atoms with Gasteiger partial charge in [0.25, 0.3) is 0 Å². The molecule has 2 saturated heterocycles. The van der Waals surface area contributed by atoms with E-state index in [9.17, 15) is 26.3 Å². The highest BCUT2D eigenvalue weighted by Crippen LogP contribution is 2.39. The summed E-state index contributed by atoms with van der Waals surface area (Å²) in [6.07, 6.45) is -2.34. The summed E-state index contributed by atoms with van der Waals surface area (Å²) in [7, 11) is 0. The number of rotatable bonds is 5. The highest BCUT2D eigenvalue weighted by atomic mass is 19.4. The number of aromatic amines is 1. The maximum absolute atomic E-state index is 12.8. The number of aromatic nitrogens is 4. The average Bonchev–Trinajstić information content (AvgIpc) is 3.54. The lowest BCUT2D eigenvalue weighted by atomic mass is 9.72. The van der Waals surface area contributed by atoms with Gasteiger partial charge in [0.1, 0.15) is 11.8 Å². The molecule has 242 valence electrons. The molecule has 0 atom stereocenters. The van der Waals surface area contributed by atoms with E-state index in [0.717, 1.165) is 85.5 Å². The lowest BCUT2D eigenvalue weighted by Gasteiger charge is -2.42. The van der Waals surface area contributed by atoms with E-state index in [-0.39, 0.29) is 10.8 Å². The Hall–Kier alpha value is -3.75. The van der Waals surface area contributed by atoms with Crippen LogP contribution in [0, 0.1) is 0 Å². The minimum absolute atomic E-state index is 0.171. The predicted molar refractivity (Wildman–Crippen MR) is 160 cm³/mol. The number of nitrogens with two attached hydrogens (primary N) is 2. The molecule has 0 unspecified atom stereocenters. The van der Waals surface area contributed by atoms with Gasteiger partial charge < -0.3 is 26.7 Å². The zero-order valence-corrected chi connectivity index (χ0v) is 24.6. The quantitative estimate of drug-likeness (QED) is 0.224. The normalized spacial score (nSPS) is 18.4. The summed E-state index contributed by atoms with van der Waals surface area (Å²) in [5.74, 6) is 0.788. The fraction of sp³-hybridized carbons (Fsp3) is 0.452. The largest absolute Gasteiger partial charge is 0.416 e. The molecular formula is C31H36F6N8. The van der Waals surface area contributed by atoms with Crippen molar-refractivity contribution in [2.24, 2.45) is 11.5 Å². The van der Waals surface area contributed by atoms with Crippen LogP contribution in [0.15, 0.2) is 61.2 Å². The number of anilines is 1. The summed E-state index contributed by atoms with van der Waals surface area (Å²) in [5, 5.41) is 3.24. The molecule has 4 aromatic rings. The second kappa shape index (κ2) is 12.9. The van der Waals surface area contributed by atoms with Crippen molar-refractivity contribution in [1.82, 2.24) is 25.3 Å². The van der Waals surface area contributed by atoms with Gasteiger partial charge in [-0.15, -0.1) is 0 Å². The Kier molecular flexibility index (Phi) is 9.38. The van der Waals surface area contributed by atoms with Crippen LogP contribution in [-0.2, 0) is 23.2 Å². The number of halogens is 6. The standard InChI is InChI=1S/C18H19F3N6.C13H17F3N2/c19-18(20,21)13-3-1-12(2-4-13)17(9-22)5-7-27(8-6-17)16-14-15(24-10-23-14)25-11-26-16;14-13(15,16)11-3-1-10(2-4-11)12(9-17)5-7-18-8-6-12/h1-4,10-11H,5-9,22H2,(H,23,24,25,26);1-4,18H,5-9,17H2. The summed E-state index contributed by atoms with van der Waals surface area (Å²) in [6, 6.07) is 10.8. The first-order valence-corrected chi connectivity index (χ1v) is 14.8. The first kappa shape index (κ1) is 32.6. The van der Waals surface area contributed by atoms with Gasteiger partial charge in [0.05, 0.1) is 17.5 Å². The third-order valence-electron chi connectivity index (χ3n) is 9.21. The lowest BCUT2D eigenvalue weighted by molar-refractivity contribution is -0.138. The van der Waals surface area contributed by atoms with Gasteiger partial charge in [-0.05, 0) is 74.2 Å². The summed E-state index contributed by atoms with van der Waals surface area (Å²) in [5.41, 5.74) is 13.3. The predicted octanol–water partition coefficient (Wildman–Crippen LogP) is 5.15. The molecule has 2 fully saturated rings. The molecule has 45 heavy (non-hydrogen) atoms. The number of benzene rings is 2. The molecule has 2 aromatic heterocycles. The first-order valence-electron chi connectivity index (χ1n) is 14.8. The molecule has 8 nitrogen and oxygen atoms in total. The van der Waals surface area contributed by atoms with E-state index in [1.54, 1.807) is 30.6 Å². The number of nitrogens with zero attached hydrogens (tertiary/aromatic N) is 4. The van der Waals surface area contributed by atoms with Crippen LogP contribution in [0.2, 0.25) is 0 Å². The maximum atomic E-state index is 12.8. The molecule has 0 aliphatic carbocycles. The summed E-state index contributed by atoms with van der Waals surface area (Å²) in [6.45, 7) is 3.97. The average molecular weight is 635 g/mol. The van der Waals surface area contributed by atoms with E-state index >= 15 is 0 Å². The smallest absolute Gasteiger partial charge is 0.355 e. The number of piperidine rings is 2. The van der Waals surface area contributed by atoms with Crippen molar-refractivity contribution in [2.75, 3.05) is 44.2 Å². The van der Waals surface area contributed by atoms with Crippen LogP contribution in [0.4, 0.5) is 32.2 Å². The Balaban J connectivity index is 0.000000194. The molecule has 0 amide bonds. The van der Waals surface area contributed by atoms with Crippen molar-refractivity contribution in [3.8, 4) is 0 Å². The van der Waals surface area contributed by atoms with Crippen LogP contribution in [0.5, 0.6) is 0 Å². The van der Waals surface area contributed by atoms with E-state index in [1.807, 2.05) is 0 Å². The first-order chi connectivity index (χ1) is 21.4. The summed E-state index contributed by atoms with van der Waals surface area (Å²) < 4.78 is 76.0. The number of H-pyrrole nitrogens is 1. The van der Waals surface area contributed by atoms with Crippen molar-refractivity contribution in [3.63, 3.8) is 0 Å². The minimum atomic E-state index is -4.33. The van der Waals surface area contributed by atoms with E-state index < -0.39 is 23.5 Å². The van der Waals surface area contributed by atoms with Crippen molar-refractivity contribution in [3.05, 3.63) is 83.4 Å². The molecule has 6 rings (SSSR count). The number of hydrogen-bond donors (Lipinski definition) is 4. The molecule has 6 N–H and O–H groups in total. The van der Waals surface area contributed by atoms with Crippen LogP contribution in [0.3, 0.4) is 0 Å². The molecule has 0 spiro atoms. The van der Waals surface area contributed by atoms with Gasteiger partial charge in [-0.25, -0.2) is 15.0 Å². The number of alkyl halides is 6. The lowest BCUT2D eigenvalue weighted by Crippen LogP contribution is -2.47. The Morgan fingerprint density at radius 2 is 1.18 bits per heavy atom. The monoisotopic (exact) mass is 634 g/mol. The molecular weight excluding hydrogens is 598 g/mol. The highest BCUT2D eigenvalue weighted by molar-refractivity contribution is 5.82. The zero-order chi connectivity index (χ0) is 32.3. The number of fused-ring (bicyclic) bond motifs is 1. The Bertz CT molecular complexity index is 1540. The number of imidazole rings is 1. The summed E-state index contributed by atoms with van der Waals surface area (Å²) >= 11 is 0. The van der Waals surface area contributed by atoms with Crippen LogP contribution >= 0.6 is 0 Å². The third-order valence-corrected chi connectivity index (χ3v) is 9.21. The van der Waals surface area contributed by atoms with E-state index in [1.165, 1.54) is 6.33 Å². The van der Waals surface area contributed by atoms with E-state index in [0.29, 0.717) is 31.8 Å². The second-order valence-electron chi connectivity index (χ2n) is 11.7. The highest BCUT2D eigenvalue weighted by Gasteiger charge is 2.38. The summed E-state index contributed by atoms with van der Waals surface area (Å²) in [4.78, 5) is 17.9. The van der Waals surface area contributed by atoms with Gasteiger partial charge in [-0.2, -0.15) is 26.3 Å². The van der Waals surface area contributed by atoms with Crippen molar-refractivity contribution in [1.29, 1.82) is 0 Å². The Morgan fingerprint density at radius 1 is 0.689 bits per heavy atom. The fourth-order valence-corrected chi connectivity index (χ4v) is 6.29. The zero-order valence-electron chi connectivity index (χ0n) is 24.6. The van der Waals surface area contributed by atoms with Gasteiger partial charge in [-0.1, -0.05) is 24.3 Å². The topological polar surface area (TPSA) is 122 Å². The maximum Gasteiger partial charge on any atom is 0.416 e. The van der Waals surface area contributed by atoms with Crippen LogP contribution < -0.4 is 21.7 Å². The van der Waals surface area contributed by atoms with E-state index in [4.69, 9.17) is 11.5 Å². The molecule has 0 saturated carbocycles. The van der Waals surface area contributed by atoms with Gasteiger partial charge >= 0.3 is 12.4 Å². The number of nitrogens with one attached hydrogen (secondary N) is 2. The van der Waals surface area contributed by atoms with Gasteiger partial charge in [0.2, 0.25) is 0 Å². The second-order valence-corrected chi connectivity index (χ2v) is 11.7. The number of hydrogen-bond acceptors (Lipinski definition) is 7. The molecule has 14 heteroatoms. The molecule has 2 aliphatic rings. The van der Waals surface area contributed by atoms with Gasteiger partial charge in [0.15, 0.2) is 11.5 Å². The Morgan fingerprint density at radius 3 is 1.64 bits per heavy atom. The van der Waals surface area contributed by atoms with Gasteiger partial charge in [-0.3, -0.25) is 0 Å². The van der Waals surface area contributed by atoms with Crippen LogP contribution in [0.1, 0.15) is 47.9 Å². The SMILES string of the molecule is NCC1(c2ccc(C(F)(F)F)cc2)CCN(c2ncnc3nc[nH]c23)CC1.NCC1(c2ccc(C(F)(F)F)cc2)CCNCC1. The van der Waals surface area contributed by atoms with Crippen molar-refractivity contribution >= 4 is 17.0 Å². The molecule has 0 radical (unpaired) electrons. The van der Waals surface area contributed by atoms with Crippen LogP contribution in [-0.4, -0.2) is 59.2 Å².